The lowest BCUT2D eigenvalue weighted by Gasteiger charge is -2.19. The van der Waals surface area contributed by atoms with Gasteiger partial charge in [0.25, 0.3) is 11.1 Å². The molecule has 1 aliphatic rings. The predicted molar refractivity (Wildman–Crippen MR) is 115 cm³/mol. The van der Waals surface area contributed by atoms with Gasteiger partial charge in [-0.1, -0.05) is 18.5 Å². The van der Waals surface area contributed by atoms with Crippen LogP contribution in [0.3, 0.4) is 0 Å². The van der Waals surface area contributed by atoms with E-state index in [0.29, 0.717) is 22.0 Å². The Bertz CT molecular complexity index is 1060. The van der Waals surface area contributed by atoms with E-state index in [4.69, 9.17) is 11.6 Å². The molecule has 1 fully saturated rings. The molecule has 2 heterocycles. The van der Waals surface area contributed by atoms with Crippen molar-refractivity contribution in [3.63, 3.8) is 0 Å². The average molecular weight is 433 g/mol. The summed E-state index contributed by atoms with van der Waals surface area (Å²) in [5.74, 6) is -1.32. The van der Waals surface area contributed by atoms with Gasteiger partial charge in [0.05, 0.1) is 21.2 Å². The monoisotopic (exact) mass is 432 g/mol. The van der Waals surface area contributed by atoms with Gasteiger partial charge in [0.2, 0.25) is 0 Å². The number of carbonyl (C=O) groups excluding carboxylic acids is 2. The Morgan fingerprint density at radius 1 is 1.28 bits per heavy atom. The van der Waals surface area contributed by atoms with Crippen molar-refractivity contribution in [1.82, 2.24) is 9.47 Å². The molecule has 0 saturated carbocycles. The number of hydrogen-bond acceptors (Lipinski definition) is 4. The van der Waals surface area contributed by atoms with E-state index in [1.165, 1.54) is 17.0 Å². The highest BCUT2D eigenvalue weighted by molar-refractivity contribution is 8.18. The zero-order valence-corrected chi connectivity index (χ0v) is 18.1. The Morgan fingerprint density at radius 3 is 2.59 bits per heavy atom. The lowest BCUT2D eigenvalue weighted by Crippen LogP contribution is -2.36. The number of rotatable bonds is 5. The lowest BCUT2D eigenvalue weighted by atomic mass is 10.2. The molecule has 3 rings (SSSR count). The Kier molecular flexibility index (Phi) is 5.91. The van der Waals surface area contributed by atoms with Crippen LogP contribution in [0.5, 0.6) is 0 Å². The normalized spacial score (nSPS) is 16.7. The van der Waals surface area contributed by atoms with E-state index < -0.39 is 5.97 Å². The first-order valence-corrected chi connectivity index (χ1v) is 10.3. The third kappa shape index (κ3) is 3.84. The molecule has 1 aromatic carbocycles. The highest BCUT2D eigenvalue weighted by Crippen LogP contribution is 2.36. The number of aromatic carboxylic acids is 1. The van der Waals surface area contributed by atoms with Gasteiger partial charge < -0.3 is 9.67 Å². The van der Waals surface area contributed by atoms with Gasteiger partial charge in [0.15, 0.2) is 0 Å². The summed E-state index contributed by atoms with van der Waals surface area (Å²) < 4.78 is 1.85. The molecule has 1 aliphatic heterocycles. The first-order valence-electron chi connectivity index (χ1n) is 9.14. The number of halogens is 1. The van der Waals surface area contributed by atoms with Crippen LogP contribution in [0.4, 0.5) is 4.79 Å². The number of aromatic nitrogens is 1. The molecule has 1 atom stereocenters. The molecule has 29 heavy (non-hydrogen) atoms. The third-order valence-corrected chi connectivity index (χ3v) is 6.25. The number of benzene rings is 1. The Labute approximate surface area is 178 Å². The number of carboxylic acids is 1. The molecule has 0 aliphatic carbocycles. The quantitative estimate of drug-likeness (QED) is 0.650. The van der Waals surface area contributed by atoms with E-state index in [0.717, 1.165) is 28.7 Å². The van der Waals surface area contributed by atoms with Crippen molar-refractivity contribution in [3.8, 4) is 5.69 Å². The fourth-order valence-electron chi connectivity index (χ4n) is 3.31. The van der Waals surface area contributed by atoms with E-state index in [1.54, 1.807) is 12.1 Å². The third-order valence-electron chi connectivity index (χ3n) is 5.05. The molecule has 1 saturated heterocycles. The number of carbonyl (C=O) groups is 3. The topological polar surface area (TPSA) is 79.6 Å². The van der Waals surface area contributed by atoms with E-state index >= 15 is 0 Å². The summed E-state index contributed by atoms with van der Waals surface area (Å²) in [5.41, 5.74) is 3.08. The fraction of sp³-hybridized carbons (Fsp3) is 0.286. The first-order chi connectivity index (χ1) is 13.6. The molecule has 8 heteroatoms. The summed E-state index contributed by atoms with van der Waals surface area (Å²) in [6.07, 6.45) is 2.40. The van der Waals surface area contributed by atoms with Crippen molar-refractivity contribution >= 4 is 46.6 Å². The second-order valence-electron chi connectivity index (χ2n) is 6.94. The molecular weight excluding hydrogens is 412 g/mol. The second kappa shape index (κ2) is 8.08. The van der Waals surface area contributed by atoms with Crippen LogP contribution in [-0.2, 0) is 4.79 Å². The second-order valence-corrected chi connectivity index (χ2v) is 8.34. The zero-order valence-electron chi connectivity index (χ0n) is 16.5. The van der Waals surface area contributed by atoms with Gasteiger partial charge in [-0.3, -0.25) is 14.5 Å². The molecule has 6 nitrogen and oxygen atoms in total. The number of imide groups is 1. The molecule has 2 aromatic rings. The number of amides is 2. The van der Waals surface area contributed by atoms with Gasteiger partial charge in [-0.25, -0.2) is 4.79 Å². The molecule has 0 unspecified atom stereocenters. The van der Waals surface area contributed by atoms with E-state index in [9.17, 15) is 19.5 Å². The van der Waals surface area contributed by atoms with Crippen LogP contribution in [0, 0.1) is 13.8 Å². The van der Waals surface area contributed by atoms with Crippen LogP contribution in [-0.4, -0.2) is 37.7 Å². The van der Waals surface area contributed by atoms with Gasteiger partial charge in [-0.2, -0.15) is 0 Å². The van der Waals surface area contributed by atoms with E-state index in [2.05, 4.69) is 0 Å². The van der Waals surface area contributed by atoms with Crippen LogP contribution in [0.2, 0.25) is 5.02 Å². The van der Waals surface area contributed by atoms with Crippen LogP contribution >= 0.6 is 23.4 Å². The van der Waals surface area contributed by atoms with Crippen molar-refractivity contribution in [3.05, 3.63) is 56.7 Å². The number of nitrogens with zero attached hydrogens (tertiary/aromatic N) is 2. The van der Waals surface area contributed by atoms with Crippen molar-refractivity contribution in [2.75, 3.05) is 0 Å². The fourth-order valence-corrected chi connectivity index (χ4v) is 4.43. The molecule has 1 aromatic heterocycles. The van der Waals surface area contributed by atoms with Gasteiger partial charge in [-0.15, -0.1) is 0 Å². The van der Waals surface area contributed by atoms with Crippen LogP contribution in [0.1, 0.15) is 47.6 Å². The molecule has 0 radical (unpaired) electrons. The minimum atomic E-state index is -1.04. The maximum absolute atomic E-state index is 12.7. The molecule has 2 amide bonds. The van der Waals surface area contributed by atoms with E-state index in [-0.39, 0.29) is 22.8 Å². The summed E-state index contributed by atoms with van der Waals surface area (Å²) in [7, 11) is 0. The Hall–Kier alpha value is -2.51. The van der Waals surface area contributed by atoms with Gasteiger partial charge in [0, 0.05) is 17.4 Å². The highest BCUT2D eigenvalue weighted by Gasteiger charge is 2.37. The number of thioether (sulfide) groups is 1. The maximum atomic E-state index is 12.7. The number of hydrogen-bond donors (Lipinski definition) is 1. The van der Waals surface area contributed by atoms with Gasteiger partial charge in [0.1, 0.15) is 0 Å². The highest BCUT2D eigenvalue weighted by atomic mass is 35.5. The van der Waals surface area contributed by atoms with Gasteiger partial charge >= 0.3 is 5.97 Å². The summed E-state index contributed by atoms with van der Waals surface area (Å²) >= 11 is 7.27. The zero-order chi connectivity index (χ0) is 21.5. The minimum Gasteiger partial charge on any atom is -0.478 e. The van der Waals surface area contributed by atoms with Crippen LogP contribution < -0.4 is 0 Å². The molecular formula is C21H21ClN2O4S. The molecule has 0 spiro atoms. The van der Waals surface area contributed by atoms with Crippen LogP contribution in [0.25, 0.3) is 11.8 Å². The van der Waals surface area contributed by atoms with Crippen molar-refractivity contribution in [1.29, 1.82) is 0 Å². The minimum absolute atomic E-state index is 0.133. The Balaban J connectivity index is 2.05. The maximum Gasteiger partial charge on any atom is 0.335 e. The van der Waals surface area contributed by atoms with Crippen LogP contribution in [0.15, 0.2) is 29.2 Å². The molecule has 0 bridgehead atoms. The average Bonchev–Trinajstić information content (AvgIpc) is 3.10. The number of carboxylic acid groups (broad SMARTS) is 1. The molecule has 1 N–H and O–H groups in total. The summed E-state index contributed by atoms with van der Waals surface area (Å²) in [4.78, 5) is 38.0. The smallest absolute Gasteiger partial charge is 0.335 e. The summed E-state index contributed by atoms with van der Waals surface area (Å²) in [5, 5.41) is 9.44. The number of aryl methyl sites for hydroxylation is 1. The Morgan fingerprint density at radius 2 is 1.97 bits per heavy atom. The summed E-state index contributed by atoms with van der Waals surface area (Å²) in [6, 6.07) is 6.25. The molecule has 152 valence electrons. The van der Waals surface area contributed by atoms with Gasteiger partial charge in [-0.05, 0) is 74.9 Å². The SMILES string of the molecule is CC[C@H](C)N1C(=O)S/C(=C/c2cc(C)n(-c3cc(C(=O)O)ccc3Cl)c2C)C1=O. The van der Waals surface area contributed by atoms with Crippen molar-refractivity contribution in [2.24, 2.45) is 0 Å². The van der Waals surface area contributed by atoms with Crippen molar-refractivity contribution < 1.29 is 19.5 Å². The van der Waals surface area contributed by atoms with Crippen molar-refractivity contribution in [2.45, 2.75) is 40.2 Å². The summed E-state index contributed by atoms with van der Waals surface area (Å²) in [6.45, 7) is 7.52. The van der Waals surface area contributed by atoms with E-state index in [1.807, 2.05) is 38.3 Å². The largest absolute Gasteiger partial charge is 0.478 e. The lowest BCUT2D eigenvalue weighted by molar-refractivity contribution is -0.124. The predicted octanol–water partition coefficient (Wildman–Crippen LogP) is 5.28. The first kappa shape index (κ1) is 21.2. The standard InChI is InChI=1S/C21H21ClN2O4S/c1-5-11(2)24-19(25)18(29-21(24)28)10-15-8-12(3)23(13(15)4)17-9-14(20(26)27)6-7-16(17)22/h6-11H,5H2,1-4H3,(H,26,27)/b18-10+/t11-/m0/s1.